The van der Waals surface area contributed by atoms with Crippen LogP contribution >= 0.6 is 0 Å². The Morgan fingerprint density at radius 2 is 1.83 bits per heavy atom. The first kappa shape index (κ1) is 21.1. The van der Waals surface area contributed by atoms with Crippen LogP contribution in [0.5, 0.6) is 11.5 Å². The second-order valence-electron chi connectivity index (χ2n) is 7.00. The van der Waals surface area contributed by atoms with Gasteiger partial charge in [0.15, 0.2) is 6.61 Å². The van der Waals surface area contributed by atoms with Crippen molar-refractivity contribution in [1.82, 2.24) is 4.31 Å². The fourth-order valence-corrected chi connectivity index (χ4v) is 4.29. The van der Waals surface area contributed by atoms with Crippen molar-refractivity contribution in [2.24, 2.45) is 0 Å². The Morgan fingerprint density at radius 3 is 2.55 bits per heavy atom. The molecule has 0 spiro atoms. The number of anilines is 1. The lowest BCUT2D eigenvalue weighted by Gasteiger charge is -2.16. The highest BCUT2D eigenvalue weighted by Gasteiger charge is 2.23. The topological polar surface area (TPSA) is 84.9 Å². The molecule has 0 saturated heterocycles. The Labute approximate surface area is 171 Å². The first-order valence-corrected chi connectivity index (χ1v) is 11.0. The van der Waals surface area contributed by atoms with E-state index in [1.54, 1.807) is 13.0 Å². The van der Waals surface area contributed by atoms with E-state index in [4.69, 9.17) is 9.47 Å². The number of sulfonamides is 1. The Bertz CT molecular complexity index is 1000. The van der Waals surface area contributed by atoms with Gasteiger partial charge < -0.3 is 14.8 Å². The predicted octanol–water partition coefficient (Wildman–Crippen LogP) is 2.84. The first-order chi connectivity index (χ1) is 13.8. The lowest BCUT2D eigenvalue weighted by Crippen LogP contribution is -2.24. The summed E-state index contributed by atoms with van der Waals surface area (Å²) in [4.78, 5) is 12.3. The summed E-state index contributed by atoms with van der Waals surface area (Å²) >= 11 is 0. The zero-order chi connectivity index (χ0) is 21.0. The smallest absolute Gasteiger partial charge is 0.262 e. The van der Waals surface area contributed by atoms with Crippen molar-refractivity contribution in [3.05, 3.63) is 47.5 Å². The van der Waals surface area contributed by atoms with E-state index in [1.807, 2.05) is 18.2 Å². The molecule has 3 rings (SSSR count). The maximum atomic E-state index is 12.6. The number of amides is 1. The molecule has 29 heavy (non-hydrogen) atoms. The Hall–Kier alpha value is -2.58. The summed E-state index contributed by atoms with van der Waals surface area (Å²) in [6.45, 7) is 1.94. The molecule has 2 aromatic rings. The molecule has 0 saturated carbocycles. The van der Waals surface area contributed by atoms with E-state index in [9.17, 15) is 13.2 Å². The van der Waals surface area contributed by atoms with Crippen molar-refractivity contribution < 1.29 is 22.7 Å². The van der Waals surface area contributed by atoms with Gasteiger partial charge in [-0.1, -0.05) is 6.07 Å². The molecule has 0 aliphatic heterocycles. The van der Waals surface area contributed by atoms with Crippen molar-refractivity contribution in [2.75, 3.05) is 32.6 Å². The number of nitrogens with zero attached hydrogens (tertiary/aromatic N) is 1. The average Bonchev–Trinajstić information content (AvgIpc) is 3.15. The third kappa shape index (κ3) is 4.89. The number of carbonyl (C=O) groups is 1. The molecule has 2 aromatic carbocycles. The molecular weight excluding hydrogens is 392 g/mol. The van der Waals surface area contributed by atoms with Gasteiger partial charge in [-0.2, -0.15) is 0 Å². The molecule has 1 aliphatic rings. The standard InChI is InChI=1S/C21H26N2O5S/c1-4-27-19-11-9-17(13-20(19)29(25,26)23(2)3)22-21(24)14-28-18-10-8-15-6-5-7-16(15)12-18/h8-13H,4-7,14H2,1-3H3,(H,22,24). The quantitative estimate of drug-likeness (QED) is 0.713. The minimum atomic E-state index is -3.72. The molecular formula is C21H26N2O5S. The summed E-state index contributed by atoms with van der Waals surface area (Å²) in [5, 5.41) is 2.68. The number of fused-ring (bicyclic) bond motifs is 1. The number of benzene rings is 2. The van der Waals surface area contributed by atoms with Gasteiger partial charge in [-0.05, 0) is 67.6 Å². The fraction of sp³-hybridized carbons (Fsp3) is 0.381. The lowest BCUT2D eigenvalue weighted by atomic mass is 10.1. The van der Waals surface area contributed by atoms with Crippen LogP contribution in [0, 0.1) is 0 Å². The summed E-state index contributed by atoms with van der Waals surface area (Å²) in [7, 11) is -0.833. The first-order valence-electron chi connectivity index (χ1n) is 9.55. The molecule has 0 heterocycles. The molecule has 7 nitrogen and oxygen atoms in total. The molecule has 0 fully saturated rings. The maximum absolute atomic E-state index is 12.6. The van der Waals surface area contributed by atoms with E-state index in [1.165, 1.54) is 37.4 Å². The molecule has 1 N–H and O–H groups in total. The fourth-order valence-electron chi connectivity index (χ4n) is 3.24. The highest BCUT2D eigenvalue weighted by atomic mass is 32.2. The van der Waals surface area contributed by atoms with E-state index in [-0.39, 0.29) is 23.2 Å². The molecule has 1 aliphatic carbocycles. The summed E-state index contributed by atoms with van der Waals surface area (Å²) in [6.07, 6.45) is 3.27. The van der Waals surface area contributed by atoms with E-state index >= 15 is 0 Å². The average molecular weight is 419 g/mol. The van der Waals surface area contributed by atoms with Gasteiger partial charge in [0, 0.05) is 19.8 Å². The second kappa shape index (κ2) is 8.84. The normalized spacial score (nSPS) is 13.2. The van der Waals surface area contributed by atoms with E-state index in [2.05, 4.69) is 5.32 Å². The molecule has 0 atom stereocenters. The number of carbonyl (C=O) groups excluding carboxylic acids is 1. The van der Waals surface area contributed by atoms with Crippen molar-refractivity contribution in [3.8, 4) is 11.5 Å². The van der Waals surface area contributed by atoms with Gasteiger partial charge in [-0.3, -0.25) is 4.79 Å². The van der Waals surface area contributed by atoms with Gasteiger partial charge in [-0.25, -0.2) is 12.7 Å². The summed E-state index contributed by atoms with van der Waals surface area (Å²) in [5.74, 6) is 0.528. The largest absolute Gasteiger partial charge is 0.492 e. The Kier molecular flexibility index (Phi) is 6.44. The zero-order valence-electron chi connectivity index (χ0n) is 16.9. The number of hydrogen-bond acceptors (Lipinski definition) is 5. The molecule has 0 bridgehead atoms. The maximum Gasteiger partial charge on any atom is 0.262 e. The highest BCUT2D eigenvalue weighted by molar-refractivity contribution is 7.89. The minimum absolute atomic E-state index is 0.00157. The molecule has 8 heteroatoms. The Morgan fingerprint density at radius 1 is 1.07 bits per heavy atom. The number of hydrogen-bond donors (Lipinski definition) is 1. The second-order valence-corrected chi connectivity index (χ2v) is 9.12. The van der Waals surface area contributed by atoms with Crippen molar-refractivity contribution in [1.29, 1.82) is 0 Å². The number of nitrogens with one attached hydrogen (secondary N) is 1. The van der Waals surface area contributed by atoms with Gasteiger partial charge in [0.2, 0.25) is 10.0 Å². The molecule has 0 radical (unpaired) electrons. The summed E-state index contributed by atoms with van der Waals surface area (Å²) in [6, 6.07) is 10.4. The highest BCUT2D eigenvalue weighted by Crippen LogP contribution is 2.29. The number of ether oxygens (including phenoxy) is 2. The van der Waals surface area contributed by atoms with E-state index < -0.39 is 10.0 Å². The van der Waals surface area contributed by atoms with E-state index in [0.29, 0.717) is 18.0 Å². The van der Waals surface area contributed by atoms with Gasteiger partial charge in [-0.15, -0.1) is 0 Å². The van der Waals surface area contributed by atoms with Crippen LogP contribution in [0.3, 0.4) is 0 Å². The van der Waals surface area contributed by atoms with Crippen LogP contribution in [-0.2, 0) is 27.7 Å². The number of aryl methyl sites for hydroxylation is 2. The zero-order valence-corrected chi connectivity index (χ0v) is 17.7. The van der Waals surface area contributed by atoms with Crippen LogP contribution < -0.4 is 14.8 Å². The van der Waals surface area contributed by atoms with Crippen LogP contribution in [0.1, 0.15) is 24.5 Å². The van der Waals surface area contributed by atoms with Gasteiger partial charge in [0.1, 0.15) is 16.4 Å². The molecule has 0 unspecified atom stereocenters. The van der Waals surface area contributed by atoms with Crippen LogP contribution in [-0.4, -0.2) is 45.9 Å². The van der Waals surface area contributed by atoms with Crippen LogP contribution in [0.4, 0.5) is 5.69 Å². The summed E-state index contributed by atoms with van der Waals surface area (Å²) in [5.41, 5.74) is 2.97. The van der Waals surface area contributed by atoms with E-state index in [0.717, 1.165) is 23.6 Å². The minimum Gasteiger partial charge on any atom is -0.492 e. The third-order valence-corrected chi connectivity index (χ3v) is 6.56. The van der Waals surface area contributed by atoms with Crippen LogP contribution in [0.2, 0.25) is 0 Å². The molecule has 1 amide bonds. The van der Waals surface area contributed by atoms with Crippen molar-refractivity contribution in [2.45, 2.75) is 31.1 Å². The third-order valence-electron chi connectivity index (χ3n) is 4.73. The van der Waals surface area contributed by atoms with Crippen LogP contribution in [0.15, 0.2) is 41.3 Å². The van der Waals surface area contributed by atoms with Crippen molar-refractivity contribution in [3.63, 3.8) is 0 Å². The summed E-state index contributed by atoms with van der Waals surface area (Å²) < 4.78 is 37.3. The van der Waals surface area contributed by atoms with Gasteiger partial charge in [0.25, 0.3) is 5.91 Å². The lowest BCUT2D eigenvalue weighted by molar-refractivity contribution is -0.118. The SMILES string of the molecule is CCOc1ccc(NC(=O)COc2ccc3c(c2)CCC3)cc1S(=O)(=O)N(C)C. The van der Waals surface area contributed by atoms with Gasteiger partial charge in [0.05, 0.1) is 6.61 Å². The van der Waals surface area contributed by atoms with Crippen LogP contribution in [0.25, 0.3) is 0 Å². The predicted molar refractivity (Wildman–Crippen MR) is 111 cm³/mol. The molecule has 156 valence electrons. The van der Waals surface area contributed by atoms with Gasteiger partial charge >= 0.3 is 0 Å². The Balaban J connectivity index is 1.70. The number of rotatable bonds is 8. The van der Waals surface area contributed by atoms with Crippen molar-refractivity contribution >= 4 is 21.6 Å². The monoisotopic (exact) mass is 418 g/mol. The molecule has 0 aromatic heterocycles.